The monoisotopic (exact) mass is 1060 g/mol. The van der Waals surface area contributed by atoms with Crippen LogP contribution < -0.4 is 0 Å². The molecule has 0 radical (unpaired) electrons. The molecule has 0 amide bonds. The Hall–Kier alpha value is -1.85. The Morgan fingerprint density at radius 1 is 0.253 bits per heavy atom. The van der Waals surface area contributed by atoms with Gasteiger partial charge >= 0.3 is 17.9 Å². The molecule has 0 aromatic carbocycles. The number of carbonyl (C=O) groups is 3. The first-order chi connectivity index (χ1) is 37.0. The molecule has 75 heavy (non-hydrogen) atoms. The van der Waals surface area contributed by atoms with Crippen molar-refractivity contribution in [3.63, 3.8) is 0 Å². The Balaban J connectivity index is 4.19. The molecule has 444 valence electrons. The summed E-state index contributed by atoms with van der Waals surface area (Å²) in [6.07, 6.45) is 76.7. The molecule has 0 heterocycles. The molecule has 0 fully saturated rings. The molecule has 0 aliphatic carbocycles. The maximum atomic E-state index is 12.9. The minimum absolute atomic E-state index is 0.0658. The van der Waals surface area contributed by atoms with Gasteiger partial charge in [0.1, 0.15) is 13.2 Å². The molecule has 1 atom stereocenters. The van der Waals surface area contributed by atoms with Crippen molar-refractivity contribution in [1.29, 1.82) is 0 Å². The Morgan fingerprint density at radius 3 is 0.680 bits per heavy atom. The second kappa shape index (κ2) is 64.7. The van der Waals surface area contributed by atoms with Crippen LogP contribution in [0, 0.1) is 0 Å². The molecule has 0 rings (SSSR count). The lowest BCUT2D eigenvalue weighted by Crippen LogP contribution is -2.30. The van der Waals surface area contributed by atoms with Gasteiger partial charge in [0.15, 0.2) is 6.10 Å². The Bertz CT molecular complexity index is 1170. The van der Waals surface area contributed by atoms with Crippen LogP contribution in [-0.2, 0) is 28.6 Å². The van der Waals surface area contributed by atoms with Crippen molar-refractivity contribution in [2.45, 2.75) is 399 Å². The molecule has 0 saturated carbocycles. The van der Waals surface area contributed by atoms with Gasteiger partial charge in [0.25, 0.3) is 0 Å². The summed E-state index contributed by atoms with van der Waals surface area (Å²) in [5, 5.41) is 0. The van der Waals surface area contributed by atoms with Crippen LogP contribution in [0.25, 0.3) is 0 Å². The van der Waals surface area contributed by atoms with Crippen LogP contribution in [-0.4, -0.2) is 37.2 Å². The molecular weight excluding hydrogens is 925 g/mol. The summed E-state index contributed by atoms with van der Waals surface area (Å²) in [5.74, 6) is -0.842. The van der Waals surface area contributed by atoms with Crippen molar-refractivity contribution in [1.82, 2.24) is 0 Å². The van der Waals surface area contributed by atoms with Crippen molar-refractivity contribution >= 4 is 17.9 Å². The molecule has 0 saturated heterocycles. The minimum Gasteiger partial charge on any atom is -0.462 e. The van der Waals surface area contributed by atoms with E-state index in [0.717, 1.165) is 64.2 Å². The zero-order valence-corrected chi connectivity index (χ0v) is 51.1. The van der Waals surface area contributed by atoms with Crippen molar-refractivity contribution in [3.8, 4) is 0 Å². The van der Waals surface area contributed by atoms with Gasteiger partial charge in [0.05, 0.1) is 0 Å². The van der Waals surface area contributed by atoms with Crippen LogP contribution in [0.4, 0.5) is 0 Å². The van der Waals surface area contributed by atoms with Crippen molar-refractivity contribution < 1.29 is 28.6 Å². The normalized spacial score (nSPS) is 12.0. The summed E-state index contributed by atoms with van der Waals surface area (Å²) in [6.45, 7) is 6.70. The van der Waals surface area contributed by atoms with Crippen LogP contribution in [0.5, 0.6) is 0 Å². The maximum absolute atomic E-state index is 12.9. The van der Waals surface area contributed by atoms with Gasteiger partial charge in [0, 0.05) is 19.3 Å². The molecule has 0 spiro atoms. The Kier molecular flexibility index (Phi) is 63.1. The van der Waals surface area contributed by atoms with E-state index in [9.17, 15) is 14.4 Å². The summed E-state index contributed by atoms with van der Waals surface area (Å²) >= 11 is 0. The first-order valence-electron chi connectivity index (χ1n) is 34.2. The Morgan fingerprint density at radius 2 is 0.440 bits per heavy atom. The summed E-state index contributed by atoms with van der Waals surface area (Å²) in [5.41, 5.74) is 0. The second-order valence-corrected chi connectivity index (χ2v) is 23.5. The van der Waals surface area contributed by atoms with Crippen molar-refractivity contribution in [3.05, 3.63) is 12.2 Å². The molecule has 6 nitrogen and oxygen atoms in total. The number of rotatable bonds is 64. The smallest absolute Gasteiger partial charge is 0.306 e. The zero-order chi connectivity index (χ0) is 54.3. The molecule has 0 N–H and O–H groups in total. The number of esters is 3. The van der Waals surface area contributed by atoms with E-state index >= 15 is 0 Å². The fourth-order valence-electron chi connectivity index (χ4n) is 10.6. The van der Waals surface area contributed by atoms with E-state index in [-0.39, 0.29) is 31.1 Å². The predicted octanol–water partition coefficient (Wildman–Crippen LogP) is 23.2. The number of carbonyl (C=O) groups excluding carboxylic acids is 3. The van der Waals surface area contributed by atoms with Gasteiger partial charge in [-0.2, -0.15) is 0 Å². The van der Waals surface area contributed by atoms with Gasteiger partial charge in [-0.05, 0) is 44.9 Å². The predicted molar refractivity (Wildman–Crippen MR) is 326 cm³/mol. The third kappa shape index (κ3) is 62.9. The molecular formula is C69H132O6. The number of unbranched alkanes of at least 4 members (excludes halogenated alkanes) is 51. The highest BCUT2D eigenvalue weighted by Gasteiger charge is 2.19. The number of hydrogen-bond donors (Lipinski definition) is 0. The lowest BCUT2D eigenvalue weighted by molar-refractivity contribution is -0.167. The van der Waals surface area contributed by atoms with E-state index in [2.05, 4.69) is 32.9 Å². The second-order valence-electron chi connectivity index (χ2n) is 23.5. The van der Waals surface area contributed by atoms with E-state index in [0.29, 0.717) is 19.3 Å². The average molecular weight is 1060 g/mol. The van der Waals surface area contributed by atoms with Crippen molar-refractivity contribution in [2.75, 3.05) is 13.2 Å². The molecule has 0 aliphatic rings. The van der Waals surface area contributed by atoms with Gasteiger partial charge in [0.2, 0.25) is 0 Å². The number of hydrogen-bond acceptors (Lipinski definition) is 6. The highest BCUT2D eigenvalue weighted by molar-refractivity contribution is 5.71. The van der Waals surface area contributed by atoms with Crippen LogP contribution in [0.1, 0.15) is 393 Å². The number of allylic oxidation sites excluding steroid dienone is 2. The van der Waals surface area contributed by atoms with Crippen LogP contribution in [0.15, 0.2) is 12.2 Å². The topological polar surface area (TPSA) is 78.9 Å². The van der Waals surface area contributed by atoms with Crippen LogP contribution in [0.2, 0.25) is 0 Å². The van der Waals surface area contributed by atoms with Gasteiger partial charge in [-0.15, -0.1) is 0 Å². The summed E-state index contributed by atoms with van der Waals surface area (Å²) in [4.78, 5) is 38.3. The van der Waals surface area contributed by atoms with Crippen LogP contribution in [0.3, 0.4) is 0 Å². The average Bonchev–Trinajstić information content (AvgIpc) is 3.41. The fourth-order valence-corrected chi connectivity index (χ4v) is 10.6. The first kappa shape index (κ1) is 73.2. The quantitative estimate of drug-likeness (QED) is 0.0261. The van der Waals surface area contributed by atoms with Gasteiger partial charge in [-0.1, -0.05) is 341 Å². The zero-order valence-electron chi connectivity index (χ0n) is 51.1. The standard InChI is InChI=1S/C69H132O6/c1-4-7-10-13-16-19-22-25-27-29-31-32-33-34-35-36-37-38-40-41-44-47-50-53-56-59-62-68(71)74-65-66(64-73-67(70)61-58-55-52-49-46-43-24-21-18-15-12-9-6-3)75-69(72)63-60-57-54-51-48-45-42-39-30-28-26-23-20-17-14-11-8-5-2/h21,24,66H,4-20,22-23,25-65H2,1-3H3/b24-21-. The Labute approximate surface area is 469 Å². The highest BCUT2D eigenvalue weighted by atomic mass is 16.6. The summed E-state index contributed by atoms with van der Waals surface area (Å²) in [6, 6.07) is 0. The lowest BCUT2D eigenvalue weighted by Gasteiger charge is -2.18. The van der Waals surface area contributed by atoms with Crippen molar-refractivity contribution in [2.24, 2.45) is 0 Å². The lowest BCUT2D eigenvalue weighted by atomic mass is 10.0. The summed E-state index contributed by atoms with van der Waals surface area (Å²) in [7, 11) is 0. The van der Waals surface area contributed by atoms with Crippen LogP contribution >= 0.6 is 0 Å². The molecule has 0 aromatic rings. The highest BCUT2D eigenvalue weighted by Crippen LogP contribution is 2.19. The third-order valence-electron chi connectivity index (χ3n) is 15.8. The largest absolute Gasteiger partial charge is 0.462 e. The van der Waals surface area contributed by atoms with E-state index in [1.54, 1.807) is 0 Å². The fraction of sp³-hybridized carbons (Fsp3) is 0.928. The SMILES string of the molecule is CCCCCC/C=C\CCCCCCCC(=O)OCC(COC(=O)CCCCCCCCCCCCCCCCCCCCCCCCCCCC)OC(=O)CCCCCCCCCCCCCCCCCCCC. The van der Waals surface area contributed by atoms with E-state index < -0.39 is 6.10 Å². The molecule has 6 heteroatoms. The molecule has 1 unspecified atom stereocenters. The first-order valence-corrected chi connectivity index (χ1v) is 34.2. The van der Waals surface area contributed by atoms with E-state index in [1.807, 2.05) is 0 Å². The third-order valence-corrected chi connectivity index (χ3v) is 15.8. The van der Waals surface area contributed by atoms with Gasteiger partial charge < -0.3 is 14.2 Å². The number of ether oxygens (including phenoxy) is 3. The molecule has 0 bridgehead atoms. The summed E-state index contributed by atoms with van der Waals surface area (Å²) < 4.78 is 17.0. The maximum Gasteiger partial charge on any atom is 0.306 e. The van der Waals surface area contributed by atoms with E-state index in [4.69, 9.17) is 14.2 Å². The van der Waals surface area contributed by atoms with Gasteiger partial charge in [-0.25, -0.2) is 0 Å². The minimum atomic E-state index is -0.769. The molecule has 0 aliphatic heterocycles. The van der Waals surface area contributed by atoms with Gasteiger partial charge in [-0.3, -0.25) is 14.4 Å². The molecule has 0 aromatic heterocycles. The van der Waals surface area contributed by atoms with E-state index in [1.165, 1.54) is 289 Å².